The lowest BCUT2D eigenvalue weighted by Gasteiger charge is -2.42. The van der Waals surface area contributed by atoms with Gasteiger partial charge in [-0.1, -0.05) is 54.6 Å². The van der Waals surface area contributed by atoms with Gasteiger partial charge in [0.1, 0.15) is 22.9 Å². The average Bonchev–Trinajstić information content (AvgIpc) is 3.11. The van der Waals surface area contributed by atoms with Crippen molar-refractivity contribution >= 4 is 11.6 Å². The van der Waals surface area contributed by atoms with E-state index in [0.717, 1.165) is 62.1 Å². The summed E-state index contributed by atoms with van der Waals surface area (Å²) in [5.41, 5.74) is 5.17. The summed E-state index contributed by atoms with van der Waals surface area (Å²) in [6.07, 6.45) is 3.58. The molecule has 6 rings (SSSR count). The van der Waals surface area contributed by atoms with Crippen molar-refractivity contribution in [3.05, 3.63) is 113 Å². The molecule has 0 aliphatic carbocycles. The number of fused-ring (bicyclic) bond motifs is 1. The minimum atomic E-state index is -0.863. The molecule has 0 spiro atoms. The zero-order valence-corrected chi connectivity index (χ0v) is 27.5. The monoisotopic (exact) mass is 651 g/mol. The number of phenols is 2. The topological polar surface area (TPSA) is 124 Å². The molecule has 0 aromatic heterocycles. The van der Waals surface area contributed by atoms with Crippen LogP contribution in [0.1, 0.15) is 53.2 Å². The van der Waals surface area contributed by atoms with Crippen molar-refractivity contribution in [1.82, 2.24) is 10.2 Å². The van der Waals surface area contributed by atoms with Crippen molar-refractivity contribution in [3.8, 4) is 23.0 Å². The summed E-state index contributed by atoms with van der Waals surface area (Å²) in [6.45, 7) is 3.38. The van der Waals surface area contributed by atoms with E-state index in [4.69, 9.17) is 9.47 Å². The van der Waals surface area contributed by atoms with E-state index in [2.05, 4.69) is 65.0 Å². The Hall–Kier alpha value is -4.57. The Morgan fingerprint density at radius 2 is 1.67 bits per heavy atom. The first kappa shape index (κ1) is 33.3. The molecule has 9 nitrogen and oxygen atoms in total. The van der Waals surface area contributed by atoms with E-state index in [9.17, 15) is 20.1 Å². The minimum absolute atomic E-state index is 0.0966. The van der Waals surface area contributed by atoms with Crippen LogP contribution < -0.4 is 20.1 Å². The molecule has 9 heteroatoms. The number of aliphatic hydroxyl groups excluding tert-OH is 1. The maximum absolute atomic E-state index is 11.6. The van der Waals surface area contributed by atoms with E-state index in [-0.39, 0.29) is 29.4 Å². The Bertz CT molecular complexity index is 1690. The third-order valence-corrected chi connectivity index (χ3v) is 9.61. The average molecular weight is 652 g/mol. The van der Waals surface area contributed by atoms with Crippen LogP contribution in [0.4, 0.5) is 5.69 Å². The highest BCUT2D eigenvalue weighted by atomic mass is 16.5. The standard InChI is InChI=1S/C39H45N3O6/c1-42-21-18-39(19-22-42,29-7-3-2-4-8-29)32-24-28(11-15-33(32)43)6-5-23-47-30-12-9-27(10-13-30)17-20-40-25-35(45)31-14-16-34(44)37-38(31)48-26-36(46)41-37/h2-4,7-16,24,35,40,43-45H,5-6,17-23,25-26H2,1H3,(H,41,46). The van der Waals surface area contributed by atoms with Crippen LogP contribution in [0.15, 0.2) is 84.9 Å². The van der Waals surface area contributed by atoms with E-state index < -0.39 is 6.10 Å². The van der Waals surface area contributed by atoms with Crippen LogP contribution >= 0.6 is 0 Å². The van der Waals surface area contributed by atoms with Crippen LogP contribution in [0.2, 0.25) is 0 Å². The molecule has 0 radical (unpaired) electrons. The summed E-state index contributed by atoms with van der Waals surface area (Å²) in [7, 11) is 2.16. The van der Waals surface area contributed by atoms with Crippen LogP contribution in [0.25, 0.3) is 0 Å². The van der Waals surface area contributed by atoms with Gasteiger partial charge in [-0.05, 0) is 106 Å². The van der Waals surface area contributed by atoms with Gasteiger partial charge in [0, 0.05) is 23.1 Å². The van der Waals surface area contributed by atoms with Crippen molar-refractivity contribution in [2.24, 2.45) is 0 Å². The number of aromatic hydroxyl groups is 2. The number of nitrogens with zero attached hydrogens (tertiary/aromatic N) is 1. The van der Waals surface area contributed by atoms with Crippen molar-refractivity contribution in [2.75, 3.05) is 51.8 Å². The number of piperidine rings is 1. The number of anilines is 1. The molecule has 1 unspecified atom stereocenters. The van der Waals surface area contributed by atoms with E-state index in [0.29, 0.717) is 36.8 Å². The first-order chi connectivity index (χ1) is 23.3. The highest BCUT2D eigenvalue weighted by molar-refractivity contribution is 5.97. The van der Waals surface area contributed by atoms with E-state index in [1.807, 2.05) is 30.3 Å². The number of benzene rings is 4. The van der Waals surface area contributed by atoms with Gasteiger partial charge in [0.25, 0.3) is 5.91 Å². The van der Waals surface area contributed by atoms with Crippen molar-refractivity contribution in [1.29, 1.82) is 0 Å². The largest absolute Gasteiger partial charge is 0.508 e. The lowest BCUT2D eigenvalue weighted by molar-refractivity contribution is -0.118. The first-order valence-corrected chi connectivity index (χ1v) is 16.8. The van der Waals surface area contributed by atoms with Gasteiger partial charge in [-0.2, -0.15) is 0 Å². The lowest BCUT2D eigenvalue weighted by Crippen LogP contribution is -2.41. The molecule has 1 saturated heterocycles. The molecule has 1 amide bonds. The van der Waals surface area contributed by atoms with E-state index in [1.54, 1.807) is 6.07 Å². The molecular weight excluding hydrogens is 606 g/mol. The molecule has 5 N–H and O–H groups in total. The SMILES string of the molecule is CN1CCC(c2ccccc2)(c2cc(CCCOc3ccc(CCNCC(O)c4ccc(O)c5c4OCC(=O)N5)cc3)ccc2O)CC1. The number of likely N-dealkylation sites (tertiary alicyclic amines) is 1. The molecule has 0 bridgehead atoms. The smallest absolute Gasteiger partial charge is 0.262 e. The molecule has 1 atom stereocenters. The number of nitrogens with one attached hydrogen (secondary N) is 2. The fourth-order valence-corrected chi connectivity index (χ4v) is 6.83. The molecule has 2 heterocycles. The number of hydrogen-bond donors (Lipinski definition) is 5. The first-order valence-electron chi connectivity index (χ1n) is 16.8. The molecule has 48 heavy (non-hydrogen) atoms. The molecule has 2 aliphatic rings. The summed E-state index contributed by atoms with van der Waals surface area (Å²) >= 11 is 0. The number of phenolic OH excluding ortho intramolecular Hbond substituents is 2. The van der Waals surface area contributed by atoms with Gasteiger partial charge < -0.3 is 40.3 Å². The molecule has 0 saturated carbocycles. The zero-order chi connectivity index (χ0) is 33.5. The number of aliphatic hydroxyl groups is 1. The van der Waals surface area contributed by atoms with Gasteiger partial charge in [0.15, 0.2) is 12.4 Å². The third kappa shape index (κ3) is 7.59. The minimum Gasteiger partial charge on any atom is -0.508 e. The second kappa shape index (κ2) is 15.1. The van der Waals surface area contributed by atoms with Gasteiger partial charge >= 0.3 is 0 Å². The molecule has 252 valence electrons. The Morgan fingerprint density at radius 1 is 0.938 bits per heavy atom. The second-order valence-corrected chi connectivity index (χ2v) is 12.9. The van der Waals surface area contributed by atoms with Crippen LogP contribution in [-0.4, -0.2) is 72.6 Å². The van der Waals surface area contributed by atoms with E-state index >= 15 is 0 Å². The normalized spacial score (nSPS) is 16.4. The number of amides is 1. The van der Waals surface area contributed by atoms with Crippen molar-refractivity contribution in [3.63, 3.8) is 0 Å². The Labute approximate surface area is 282 Å². The molecule has 1 fully saturated rings. The maximum atomic E-state index is 11.6. The van der Waals surface area contributed by atoms with Crippen LogP contribution in [0.5, 0.6) is 23.0 Å². The van der Waals surface area contributed by atoms with Gasteiger partial charge in [0.2, 0.25) is 0 Å². The van der Waals surface area contributed by atoms with Gasteiger partial charge in [-0.25, -0.2) is 0 Å². The van der Waals surface area contributed by atoms with Crippen LogP contribution in [0.3, 0.4) is 0 Å². The summed E-state index contributed by atoms with van der Waals surface area (Å²) in [5, 5.41) is 37.7. The highest BCUT2D eigenvalue weighted by Crippen LogP contribution is 2.45. The fourth-order valence-electron chi connectivity index (χ4n) is 6.83. The Morgan fingerprint density at radius 3 is 2.44 bits per heavy atom. The molecule has 2 aliphatic heterocycles. The number of ether oxygens (including phenoxy) is 2. The van der Waals surface area contributed by atoms with E-state index in [1.165, 1.54) is 17.2 Å². The molecular formula is C39H45N3O6. The molecule has 4 aromatic carbocycles. The number of hydrogen-bond acceptors (Lipinski definition) is 8. The summed E-state index contributed by atoms with van der Waals surface area (Å²) < 4.78 is 11.5. The predicted molar refractivity (Wildman–Crippen MR) is 186 cm³/mol. The van der Waals surface area contributed by atoms with Crippen molar-refractivity contribution < 1.29 is 29.6 Å². The summed E-state index contributed by atoms with van der Waals surface area (Å²) in [6, 6.07) is 27.9. The zero-order valence-electron chi connectivity index (χ0n) is 27.5. The maximum Gasteiger partial charge on any atom is 0.262 e. The second-order valence-electron chi connectivity index (χ2n) is 12.9. The number of carbonyl (C=O) groups excluding carboxylic acids is 1. The van der Waals surface area contributed by atoms with Crippen LogP contribution in [-0.2, 0) is 23.1 Å². The van der Waals surface area contributed by atoms with Gasteiger partial charge in [0.05, 0.1) is 12.7 Å². The van der Waals surface area contributed by atoms with Crippen LogP contribution in [0, 0.1) is 0 Å². The molecule has 4 aromatic rings. The Balaban J connectivity index is 0.963. The van der Waals surface area contributed by atoms with Gasteiger partial charge in [-0.3, -0.25) is 4.79 Å². The number of rotatable bonds is 13. The highest BCUT2D eigenvalue weighted by Gasteiger charge is 2.39. The Kier molecular flexibility index (Phi) is 10.5. The fraction of sp³-hybridized carbons (Fsp3) is 0.359. The lowest BCUT2D eigenvalue weighted by atomic mass is 9.67. The van der Waals surface area contributed by atoms with Crippen molar-refractivity contribution in [2.45, 2.75) is 43.6 Å². The third-order valence-electron chi connectivity index (χ3n) is 9.61. The summed E-state index contributed by atoms with van der Waals surface area (Å²) in [5.74, 6) is 1.06. The predicted octanol–water partition coefficient (Wildman–Crippen LogP) is 5.32. The van der Waals surface area contributed by atoms with Gasteiger partial charge in [-0.15, -0.1) is 0 Å². The quantitative estimate of drug-likeness (QED) is 0.0973. The number of aryl methyl sites for hydroxylation is 1. The summed E-state index contributed by atoms with van der Waals surface area (Å²) in [4.78, 5) is 14.0. The number of carbonyl (C=O) groups is 1.